The first-order valence-corrected chi connectivity index (χ1v) is 16.9. The second kappa shape index (κ2) is 14.6. The van der Waals surface area contributed by atoms with Gasteiger partial charge in [0.2, 0.25) is 0 Å². The summed E-state index contributed by atoms with van der Waals surface area (Å²) in [7, 11) is 0. The van der Waals surface area contributed by atoms with Crippen molar-refractivity contribution in [1.82, 2.24) is 24.9 Å². The Bertz CT molecular complexity index is 1360. The summed E-state index contributed by atoms with van der Waals surface area (Å²) >= 11 is 12.5. The topological polar surface area (TPSA) is 97.5 Å². The van der Waals surface area contributed by atoms with Crippen LogP contribution in [0.2, 0.25) is 10.0 Å². The molecule has 2 N–H and O–H groups in total. The van der Waals surface area contributed by atoms with E-state index in [1.54, 1.807) is 23.1 Å². The number of carbonyl (C=O) groups is 3. The Balaban J connectivity index is 0.00000417. The molecule has 3 saturated heterocycles. The quantitative estimate of drug-likeness (QED) is 0.466. The zero-order valence-corrected chi connectivity index (χ0v) is 27.1. The molecule has 0 saturated carbocycles. The standard InChI is InChI=1S/C33H42Cl2N6O4.H2/c34-25-19-23(20-26(35)22-25)21-30(31(42)39-12-6-27(7-13-39)38-17-10-36-11-18-38)45-33(44)40-14-8-28(9-15-40)41-16-5-24-3-1-2-4-29(24)37-32(41)43;/h1-4,19-20,22,27-28,30,36H,5-18,21H2,(H,37,43);1H/t30-;/m1./s1. The number of nitrogens with one attached hydrogen (secondary N) is 2. The number of anilines is 1. The van der Waals surface area contributed by atoms with Crippen molar-refractivity contribution in [2.75, 3.05) is 64.2 Å². The maximum absolute atomic E-state index is 13.9. The number of fused-ring (bicyclic) bond motifs is 1. The normalized spacial score (nSPS) is 21.1. The van der Waals surface area contributed by atoms with Gasteiger partial charge in [-0.2, -0.15) is 0 Å². The van der Waals surface area contributed by atoms with E-state index in [9.17, 15) is 14.4 Å². The molecule has 0 radical (unpaired) electrons. The van der Waals surface area contributed by atoms with E-state index in [0.717, 1.165) is 62.3 Å². The molecule has 2 aromatic rings. The van der Waals surface area contributed by atoms with Gasteiger partial charge in [-0.3, -0.25) is 9.69 Å². The summed E-state index contributed by atoms with van der Waals surface area (Å²) in [6, 6.07) is 13.4. The average Bonchev–Trinajstić information content (AvgIpc) is 3.22. The number of ether oxygens (including phenoxy) is 1. The van der Waals surface area contributed by atoms with Crippen LogP contribution >= 0.6 is 23.2 Å². The highest BCUT2D eigenvalue weighted by Gasteiger charge is 2.36. The third-order valence-electron chi connectivity index (χ3n) is 9.61. The highest BCUT2D eigenvalue weighted by atomic mass is 35.5. The molecule has 4 heterocycles. The van der Waals surface area contributed by atoms with E-state index in [4.69, 9.17) is 27.9 Å². The minimum Gasteiger partial charge on any atom is -0.436 e. The summed E-state index contributed by atoms with van der Waals surface area (Å²) in [5, 5.41) is 7.38. The molecular formula is C33H44Cl2N6O4. The second-order valence-electron chi connectivity index (χ2n) is 12.4. The Labute approximate surface area is 276 Å². The first-order valence-electron chi connectivity index (χ1n) is 16.1. The molecule has 1 atom stereocenters. The van der Waals surface area contributed by atoms with Gasteiger partial charge in [0, 0.05) is 94.6 Å². The van der Waals surface area contributed by atoms with Crippen LogP contribution in [0, 0.1) is 0 Å². The van der Waals surface area contributed by atoms with Gasteiger partial charge in [0.05, 0.1) is 0 Å². The third-order valence-corrected chi connectivity index (χ3v) is 10.0. The molecule has 0 unspecified atom stereocenters. The van der Waals surface area contributed by atoms with Crippen molar-refractivity contribution in [3.8, 4) is 0 Å². The van der Waals surface area contributed by atoms with Crippen LogP contribution in [0.1, 0.15) is 38.2 Å². The number of para-hydroxylation sites is 1. The summed E-state index contributed by atoms with van der Waals surface area (Å²) in [6.07, 6.45) is 2.55. The first-order chi connectivity index (χ1) is 21.8. The number of carbonyl (C=O) groups excluding carboxylic acids is 3. The Hall–Kier alpha value is -3.05. The van der Waals surface area contributed by atoms with Gasteiger partial charge in [-0.1, -0.05) is 41.4 Å². The average molecular weight is 660 g/mol. The van der Waals surface area contributed by atoms with Crippen molar-refractivity contribution >= 4 is 46.9 Å². The van der Waals surface area contributed by atoms with E-state index in [2.05, 4.69) is 15.5 Å². The van der Waals surface area contributed by atoms with Crippen molar-refractivity contribution in [2.45, 2.75) is 56.7 Å². The highest BCUT2D eigenvalue weighted by molar-refractivity contribution is 6.34. The van der Waals surface area contributed by atoms with Crippen LogP contribution in [0.3, 0.4) is 0 Å². The van der Waals surface area contributed by atoms with E-state index in [1.807, 2.05) is 34.1 Å². The van der Waals surface area contributed by atoms with Crippen molar-refractivity contribution < 1.29 is 20.5 Å². The summed E-state index contributed by atoms with van der Waals surface area (Å²) in [5.41, 5.74) is 2.72. The van der Waals surface area contributed by atoms with Crippen molar-refractivity contribution in [1.29, 1.82) is 0 Å². The van der Waals surface area contributed by atoms with Crippen LogP contribution in [0.15, 0.2) is 42.5 Å². The van der Waals surface area contributed by atoms with Gasteiger partial charge in [0.1, 0.15) is 0 Å². The zero-order valence-electron chi connectivity index (χ0n) is 25.6. The molecule has 2 aromatic carbocycles. The summed E-state index contributed by atoms with van der Waals surface area (Å²) in [5.74, 6) is -0.186. The predicted molar refractivity (Wildman–Crippen MR) is 177 cm³/mol. The molecule has 0 bridgehead atoms. The van der Waals surface area contributed by atoms with Gasteiger partial charge in [-0.15, -0.1) is 0 Å². The van der Waals surface area contributed by atoms with Crippen LogP contribution in [0.4, 0.5) is 15.3 Å². The SMILES string of the molecule is O=C(O[C@H](Cc1cc(Cl)cc(Cl)c1)C(=O)N1CCC(N2CCNCC2)CC1)N1CCC(N2CCc3ccccc3NC2=O)CC1.[HH]. The third kappa shape index (κ3) is 7.85. The molecule has 4 amide bonds. The minimum atomic E-state index is -0.990. The molecule has 0 spiro atoms. The molecule has 0 aliphatic carbocycles. The van der Waals surface area contributed by atoms with Crippen LogP contribution < -0.4 is 10.6 Å². The molecule has 12 heteroatoms. The number of hydrogen-bond acceptors (Lipinski definition) is 6. The monoisotopic (exact) mass is 658 g/mol. The molecule has 4 aliphatic rings. The fourth-order valence-electron chi connectivity index (χ4n) is 7.12. The van der Waals surface area contributed by atoms with Crippen LogP contribution in [-0.4, -0.2) is 115 Å². The van der Waals surface area contributed by atoms with Crippen LogP contribution in [0.5, 0.6) is 0 Å². The lowest BCUT2D eigenvalue weighted by Crippen LogP contribution is -2.54. The number of rotatable bonds is 6. The van der Waals surface area contributed by atoms with E-state index >= 15 is 0 Å². The van der Waals surface area contributed by atoms with Gasteiger partial charge in [-0.05, 0) is 67.5 Å². The molecule has 10 nitrogen and oxygen atoms in total. The maximum Gasteiger partial charge on any atom is 0.410 e. The predicted octanol–water partition coefficient (Wildman–Crippen LogP) is 4.74. The number of nitrogens with zero attached hydrogens (tertiary/aromatic N) is 4. The molecule has 6 rings (SSSR count). The lowest BCUT2D eigenvalue weighted by molar-refractivity contribution is -0.142. The van der Waals surface area contributed by atoms with Crippen LogP contribution in [0.25, 0.3) is 0 Å². The van der Waals surface area contributed by atoms with Gasteiger partial charge in [-0.25, -0.2) is 9.59 Å². The Morgan fingerprint density at radius 3 is 2.22 bits per heavy atom. The van der Waals surface area contributed by atoms with Crippen LogP contribution in [-0.2, 0) is 22.4 Å². The van der Waals surface area contributed by atoms with Gasteiger partial charge >= 0.3 is 12.1 Å². The lowest BCUT2D eigenvalue weighted by Gasteiger charge is -2.41. The minimum absolute atomic E-state index is 0. The number of benzene rings is 2. The summed E-state index contributed by atoms with van der Waals surface area (Å²) < 4.78 is 5.99. The largest absolute Gasteiger partial charge is 0.436 e. The van der Waals surface area contributed by atoms with E-state index in [0.29, 0.717) is 61.7 Å². The number of amides is 4. The highest BCUT2D eigenvalue weighted by Crippen LogP contribution is 2.26. The van der Waals surface area contributed by atoms with E-state index in [-0.39, 0.29) is 25.8 Å². The molecule has 244 valence electrons. The number of hydrogen-bond donors (Lipinski definition) is 2. The fourth-order valence-corrected chi connectivity index (χ4v) is 7.69. The second-order valence-corrected chi connectivity index (χ2v) is 13.3. The molecule has 45 heavy (non-hydrogen) atoms. The lowest BCUT2D eigenvalue weighted by atomic mass is 10.0. The maximum atomic E-state index is 13.9. The molecular weight excluding hydrogens is 615 g/mol. The summed E-state index contributed by atoms with van der Waals surface area (Å²) in [6.45, 7) is 6.83. The Morgan fingerprint density at radius 1 is 0.867 bits per heavy atom. The summed E-state index contributed by atoms with van der Waals surface area (Å²) in [4.78, 5) is 48.3. The number of urea groups is 1. The molecule has 0 aromatic heterocycles. The van der Waals surface area contributed by atoms with Gasteiger partial charge in [0.15, 0.2) is 6.10 Å². The number of likely N-dealkylation sites (tertiary alicyclic amines) is 2. The van der Waals surface area contributed by atoms with Crippen molar-refractivity contribution in [2.24, 2.45) is 0 Å². The first kappa shape index (κ1) is 31.9. The van der Waals surface area contributed by atoms with Gasteiger partial charge < -0.3 is 30.1 Å². The Morgan fingerprint density at radius 2 is 1.51 bits per heavy atom. The van der Waals surface area contributed by atoms with Gasteiger partial charge in [0.25, 0.3) is 5.91 Å². The molecule has 4 aliphatic heterocycles. The number of piperazine rings is 1. The van der Waals surface area contributed by atoms with Crippen molar-refractivity contribution in [3.63, 3.8) is 0 Å². The molecule has 3 fully saturated rings. The number of piperidine rings is 2. The van der Waals surface area contributed by atoms with E-state index < -0.39 is 12.2 Å². The smallest absolute Gasteiger partial charge is 0.410 e. The van der Waals surface area contributed by atoms with E-state index in [1.165, 1.54) is 0 Å². The zero-order chi connectivity index (χ0) is 31.3. The fraction of sp³-hybridized carbons (Fsp3) is 0.545. The Kier molecular flexibility index (Phi) is 10.3. The van der Waals surface area contributed by atoms with Crippen molar-refractivity contribution in [3.05, 3.63) is 63.6 Å². The number of halogens is 2.